The Labute approximate surface area is 185 Å². The van der Waals surface area contributed by atoms with Crippen molar-refractivity contribution in [1.29, 1.82) is 0 Å². The molecule has 1 aliphatic carbocycles. The van der Waals surface area contributed by atoms with Gasteiger partial charge >= 0.3 is 0 Å². The number of rotatable bonds is 6. The van der Waals surface area contributed by atoms with Crippen LogP contribution >= 0.6 is 0 Å². The molecule has 1 saturated carbocycles. The van der Waals surface area contributed by atoms with Crippen LogP contribution in [0.2, 0.25) is 0 Å². The fourth-order valence-electron chi connectivity index (χ4n) is 4.35. The van der Waals surface area contributed by atoms with Gasteiger partial charge in [0, 0.05) is 18.8 Å². The van der Waals surface area contributed by atoms with Crippen molar-refractivity contribution in [3.63, 3.8) is 0 Å². The third kappa shape index (κ3) is 5.18. The van der Waals surface area contributed by atoms with Gasteiger partial charge in [-0.2, -0.15) is 0 Å². The highest BCUT2D eigenvalue weighted by molar-refractivity contribution is 5.99. The van der Waals surface area contributed by atoms with Crippen molar-refractivity contribution in [1.82, 2.24) is 10.3 Å². The molecule has 0 saturated heterocycles. The number of para-hydroxylation sites is 1. The van der Waals surface area contributed by atoms with Crippen LogP contribution in [0.5, 0.6) is 5.75 Å². The Balaban J connectivity index is 1.43. The van der Waals surface area contributed by atoms with Crippen LogP contribution in [0.15, 0.2) is 36.5 Å². The summed E-state index contributed by atoms with van der Waals surface area (Å²) in [6.07, 6.45) is 6.31. The number of pyridine rings is 1. The lowest BCUT2D eigenvalue weighted by molar-refractivity contribution is 0.0385. The third-order valence-electron chi connectivity index (χ3n) is 6.11. The number of benzene rings is 1. The molecule has 6 nitrogen and oxygen atoms in total. The zero-order chi connectivity index (χ0) is 21.8. The molecule has 1 aliphatic heterocycles. The molecule has 1 aromatic heterocycles. The lowest BCUT2D eigenvalue weighted by Gasteiger charge is -2.32. The Morgan fingerprint density at radius 3 is 2.74 bits per heavy atom. The van der Waals surface area contributed by atoms with Crippen molar-refractivity contribution in [2.75, 3.05) is 24.7 Å². The predicted octanol–water partition coefficient (Wildman–Crippen LogP) is 4.63. The van der Waals surface area contributed by atoms with Crippen molar-refractivity contribution in [3.8, 4) is 5.75 Å². The first kappa shape index (κ1) is 21.6. The molecule has 0 spiro atoms. The van der Waals surface area contributed by atoms with E-state index in [2.05, 4.69) is 35.1 Å². The molecule has 4 rings (SSSR count). The summed E-state index contributed by atoms with van der Waals surface area (Å²) in [6, 6.07) is 10.0. The van der Waals surface area contributed by atoms with Crippen LogP contribution in [-0.4, -0.2) is 42.8 Å². The van der Waals surface area contributed by atoms with Gasteiger partial charge in [0.05, 0.1) is 23.9 Å². The number of carbonyl (C=O) groups excluding carboxylic acids is 1. The van der Waals surface area contributed by atoms with Crippen LogP contribution in [0, 0.1) is 12.8 Å². The number of hydrogen-bond acceptors (Lipinski definition) is 5. The average Bonchev–Trinajstić information content (AvgIpc) is 2.78. The van der Waals surface area contributed by atoms with Gasteiger partial charge in [-0.15, -0.1) is 0 Å². The van der Waals surface area contributed by atoms with E-state index >= 15 is 0 Å². The lowest BCUT2D eigenvalue weighted by Crippen LogP contribution is -2.39. The van der Waals surface area contributed by atoms with Crippen molar-refractivity contribution < 1.29 is 14.3 Å². The van der Waals surface area contributed by atoms with Gasteiger partial charge in [0.2, 0.25) is 0 Å². The summed E-state index contributed by atoms with van der Waals surface area (Å²) >= 11 is 0. The molecule has 31 heavy (non-hydrogen) atoms. The summed E-state index contributed by atoms with van der Waals surface area (Å²) in [7, 11) is 0. The highest BCUT2D eigenvalue weighted by Gasteiger charge is 2.28. The Hall–Kier alpha value is -2.60. The first-order valence-corrected chi connectivity index (χ1v) is 11.4. The maximum Gasteiger partial charge on any atom is 0.255 e. The van der Waals surface area contributed by atoms with Gasteiger partial charge in [0.25, 0.3) is 5.91 Å². The minimum atomic E-state index is -0.0579. The highest BCUT2D eigenvalue weighted by Crippen LogP contribution is 2.38. The smallest absolute Gasteiger partial charge is 0.255 e. The molecule has 1 amide bonds. The highest BCUT2D eigenvalue weighted by atomic mass is 16.5. The minimum Gasteiger partial charge on any atom is -0.489 e. The van der Waals surface area contributed by atoms with E-state index in [0.29, 0.717) is 30.4 Å². The molecule has 6 heteroatoms. The first-order chi connectivity index (χ1) is 15.0. The quantitative estimate of drug-likeness (QED) is 0.734. The van der Waals surface area contributed by atoms with Crippen LogP contribution < -0.4 is 15.0 Å². The molecule has 2 aromatic rings. The average molecular weight is 424 g/mol. The first-order valence-electron chi connectivity index (χ1n) is 11.4. The number of nitrogens with one attached hydrogen (secondary N) is 1. The number of aryl methyl sites for hydroxylation is 1. The van der Waals surface area contributed by atoms with Crippen molar-refractivity contribution in [2.24, 2.45) is 5.92 Å². The molecule has 0 atom stereocenters. The molecule has 166 valence electrons. The summed E-state index contributed by atoms with van der Waals surface area (Å²) in [5, 5.41) is 3.24. The molecular formula is C25H33N3O3. The number of carbonyl (C=O) groups is 1. The zero-order valence-electron chi connectivity index (χ0n) is 18.8. The Morgan fingerprint density at radius 1 is 1.23 bits per heavy atom. The second-order valence-corrected chi connectivity index (χ2v) is 8.92. The zero-order valence-corrected chi connectivity index (χ0v) is 18.8. The number of nitrogens with zero attached hydrogens (tertiary/aromatic N) is 2. The molecular weight excluding hydrogens is 390 g/mol. The molecule has 2 heterocycles. The lowest BCUT2D eigenvalue weighted by atomic mass is 9.86. The molecule has 0 radical (unpaired) electrons. The number of fused-ring (bicyclic) bond motifs is 1. The van der Waals surface area contributed by atoms with Crippen LogP contribution in [0.1, 0.15) is 55.5 Å². The molecule has 2 aliphatic rings. The van der Waals surface area contributed by atoms with Crippen LogP contribution in [-0.2, 0) is 4.74 Å². The molecule has 1 N–H and O–H groups in total. The van der Waals surface area contributed by atoms with Gasteiger partial charge in [-0.1, -0.05) is 12.1 Å². The summed E-state index contributed by atoms with van der Waals surface area (Å²) in [5.74, 6) is 2.05. The maximum absolute atomic E-state index is 13.1. The van der Waals surface area contributed by atoms with E-state index in [1.807, 2.05) is 37.4 Å². The van der Waals surface area contributed by atoms with Gasteiger partial charge in [0.1, 0.15) is 12.4 Å². The fraction of sp³-hybridized carbons (Fsp3) is 0.520. The Morgan fingerprint density at radius 2 is 2.03 bits per heavy atom. The van der Waals surface area contributed by atoms with Crippen LogP contribution in [0.25, 0.3) is 0 Å². The summed E-state index contributed by atoms with van der Waals surface area (Å²) in [4.78, 5) is 19.8. The van der Waals surface area contributed by atoms with Gasteiger partial charge < -0.3 is 19.7 Å². The Bertz CT molecular complexity index is 889. The number of anilines is 2. The van der Waals surface area contributed by atoms with Gasteiger partial charge in [-0.05, 0) is 76.1 Å². The number of ether oxygens (including phenoxy) is 2. The van der Waals surface area contributed by atoms with E-state index in [0.717, 1.165) is 49.4 Å². The second kappa shape index (κ2) is 9.69. The molecule has 0 unspecified atom stereocenters. The third-order valence-corrected chi connectivity index (χ3v) is 6.11. The van der Waals surface area contributed by atoms with Gasteiger partial charge in [-0.3, -0.25) is 4.79 Å². The van der Waals surface area contributed by atoms with Crippen LogP contribution in [0.4, 0.5) is 11.5 Å². The van der Waals surface area contributed by atoms with E-state index < -0.39 is 0 Å². The number of amides is 1. The van der Waals surface area contributed by atoms with E-state index in [1.54, 1.807) is 0 Å². The summed E-state index contributed by atoms with van der Waals surface area (Å²) in [5.41, 5.74) is 2.61. The number of hydrogen-bond donors (Lipinski definition) is 1. The van der Waals surface area contributed by atoms with E-state index in [9.17, 15) is 4.79 Å². The second-order valence-electron chi connectivity index (χ2n) is 8.92. The summed E-state index contributed by atoms with van der Waals surface area (Å²) < 4.78 is 11.7. The molecule has 1 aromatic carbocycles. The predicted molar refractivity (Wildman–Crippen MR) is 122 cm³/mol. The number of aromatic nitrogens is 1. The van der Waals surface area contributed by atoms with Crippen LogP contribution in [0.3, 0.4) is 0 Å². The monoisotopic (exact) mass is 423 g/mol. The minimum absolute atomic E-state index is 0.0579. The summed E-state index contributed by atoms with van der Waals surface area (Å²) in [6.45, 7) is 8.22. The Kier molecular flexibility index (Phi) is 6.76. The van der Waals surface area contributed by atoms with Crippen molar-refractivity contribution in [3.05, 3.63) is 47.7 Å². The molecule has 0 bridgehead atoms. The van der Waals surface area contributed by atoms with Gasteiger partial charge in [-0.25, -0.2) is 4.98 Å². The van der Waals surface area contributed by atoms with E-state index in [4.69, 9.17) is 9.47 Å². The van der Waals surface area contributed by atoms with E-state index in [-0.39, 0.29) is 18.1 Å². The van der Waals surface area contributed by atoms with Gasteiger partial charge in [0.15, 0.2) is 5.75 Å². The maximum atomic E-state index is 13.1. The fourth-order valence-corrected chi connectivity index (χ4v) is 4.35. The topological polar surface area (TPSA) is 63.7 Å². The standard InChI is InChI=1S/C25H33N3O3/c1-17(2)31-16-19-8-10-20(11-9-19)27-25(29)21-5-4-6-22-24(21)30-14-13-28(22)23-12-7-18(3)15-26-23/h4-7,12,15,17,19-20H,8-11,13-14,16H2,1-3H3,(H,27,29)/t19-,20+. The largest absolute Gasteiger partial charge is 0.489 e. The van der Waals surface area contributed by atoms with Crippen molar-refractivity contribution >= 4 is 17.4 Å². The SMILES string of the molecule is Cc1ccc(N2CCOc3c(C(=O)N[C@H]4CC[C@@H](COC(C)C)CC4)cccc32)nc1. The normalized spacial score (nSPS) is 20.8. The molecule has 1 fully saturated rings. The van der Waals surface area contributed by atoms with Crippen molar-refractivity contribution in [2.45, 2.75) is 58.6 Å². The van der Waals surface area contributed by atoms with E-state index in [1.165, 1.54) is 0 Å².